The zero-order chi connectivity index (χ0) is 16.1. The average molecular weight is 359 g/mol. The minimum absolute atomic E-state index is 0.322. The van der Waals surface area contributed by atoms with E-state index in [1.165, 1.54) is 0 Å². The molecule has 116 valence electrons. The highest BCUT2D eigenvalue weighted by Crippen LogP contribution is 2.30. The summed E-state index contributed by atoms with van der Waals surface area (Å²) in [6.07, 6.45) is -0.189. The molecule has 1 amide bonds. The van der Waals surface area contributed by atoms with E-state index in [9.17, 15) is 4.79 Å². The van der Waals surface area contributed by atoms with Gasteiger partial charge in [0.1, 0.15) is 5.75 Å². The van der Waals surface area contributed by atoms with Crippen molar-refractivity contribution in [3.05, 3.63) is 57.5 Å². The van der Waals surface area contributed by atoms with Crippen molar-refractivity contribution in [2.45, 2.75) is 19.4 Å². The maximum absolute atomic E-state index is 12.4. The van der Waals surface area contributed by atoms with Crippen molar-refractivity contribution in [2.24, 2.45) is 0 Å². The molecule has 22 heavy (non-hydrogen) atoms. The van der Waals surface area contributed by atoms with Crippen molar-refractivity contribution < 1.29 is 9.53 Å². The zero-order valence-electron chi connectivity index (χ0n) is 11.8. The van der Waals surface area contributed by atoms with Gasteiger partial charge in [-0.2, -0.15) is 0 Å². The zero-order valence-corrected chi connectivity index (χ0v) is 14.0. The number of amides is 1. The Labute approximate surface area is 144 Å². The highest BCUT2D eigenvalue weighted by Gasteiger charge is 2.20. The average Bonchev–Trinajstić information content (AvgIpc) is 2.48. The molecular weight excluding hydrogens is 345 g/mol. The molecule has 0 fully saturated rings. The third-order valence-electron chi connectivity index (χ3n) is 2.95. The molecule has 1 atom stereocenters. The van der Waals surface area contributed by atoms with Crippen LogP contribution in [-0.4, -0.2) is 12.0 Å². The predicted molar refractivity (Wildman–Crippen MR) is 91.3 cm³/mol. The van der Waals surface area contributed by atoms with Crippen LogP contribution in [0.4, 0.5) is 5.69 Å². The summed E-state index contributed by atoms with van der Waals surface area (Å²) in [6, 6.07) is 11.9. The molecular formula is C16H14Cl3NO2. The minimum Gasteiger partial charge on any atom is -0.481 e. The maximum atomic E-state index is 12.4. The number of para-hydroxylation sites is 1. The Morgan fingerprint density at radius 1 is 1.14 bits per heavy atom. The third-order valence-corrected chi connectivity index (χ3v) is 3.81. The lowest BCUT2D eigenvalue weighted by Crippen LogP contribution is -2.32. The van der Waals surface area contributed by atoms with Gasteiger partial charge >= 0.3 is 0 Å². The lowest BCUT2D eigenvalue weighted by Gasteiger charge is -2.18. The Morgan fingerprint density at radius 3 is 2.36 bits per heavy atom. The topological polar surface area (TPSA) is 38.3 Å². The highest BCUT2D eigenvalue weighted by molar-refractivity contribution is 6.39. The fourth-order valence-corrected chi connectivity index (χ4v) is 2.52. The third kappa shape index (κ3) is 4.29. The van der Waals surface area contributed by atoms with Gasteiger partial charge in [-0.1, -0.05) is 53.9 Å². The van der Waals surface area contributed by atoms with Crippen LogP contribution in [-0.2, 0) is 4.79 Å². The summed E-state index contributed by atoms with van der Waals surface area (Å²) in [5.41, 5.74) is 0.379. The Morgan fingerprint density at radius 2 is 1.77 bits per heavy atom. The van der Waals surface area contributed by atoms with E-state index in [4.69, 9.17) is 39.5 Å². The summed E-state index contributed by atoms with van der Waals surface area (Å²) >= 11 is 18.0. The smallest absolute Gasteiger partial charge is 0.265 e. The van der Waals surface area contributed by atoms with Crippen molar-refractivity contribution in [2.75, 3.05) is 5.32 Å². The van der Waals surface area contributed by atoms with Gasteiger partial charge in [0.25, 0.3) is 5.91 Å². The number of nitrogens with one attached hydrogen (secondary N) is 1. The molecule has 2 rings (SSSR count). The molecule has 3 nitrogen and oxygen atoms in total. The van der Waals surface area contributed by atoms with Crippen LogP contribution >= 0.6 is 34.8 Å². The molecule has 0 saturated carbocycles. The quantitative estimate of drug-likeness (QED) is 0.772. The second kappa shape index (κ2) is 7.73. The van der Waals surface area contributed by atoms with Crippen molar-refractivity contribution >= 4 is 46.4 Å². The first-order valence-electron chi connectivity index (χ1n) is 6.68. The summed E-state index contributed by atoms with van der Waals surface area (Å²) in [5.74, 6) is 0.206. The first-order valence-corrected chi connectivity index (χ1v) is 7.81. The lowest BCUT2D eigenvalue weighted by molar-refractivity contribution is -0.122. The molecule has 0 unspecified atom stereocenters. The van der Waals surface area contributed by atoms with E-state index in [-0.39, 0.29) is 5.91 Å². The van der Waals surface area contributed by atoms with Crippen LogP contribution in [0.3, 0.4) is 0 Å². The maximum Gasteiger partial charge on any atom is 0.265 e. The summed E-state index contributed by atoms with van der Waals surface area (Å²) in [5, 5.41) is 3.99. The minimum atomic E-state index is -0.675. The van der Waals surface area contributed by atoms with E-state index in [0.717, 1.165) is 0 Å². The normalized spacial score (nSPS) is 11.8. The van der Waals surface area contributed by atoms with Crippen LogP contribution < -0.4 is 10.1 Å². The number of hydrogen-bond acceptors (Lipinski definition) is 2. The van der Waals surface area contributed by atoms with Gasteiger partial charge in [-0.15, -0.1) is 0 Å². The predicted octanol–water partition coefficient (Wildman–Crippen LogP) is 5.44. The first-order chi connectivity index (χ1) is 10.5. The fraction of sp³-hybridized carbons (Fsp3) is 0.188. The molecule has 1 N–H and O–H groups in total. The fourth-order valence-electron chi connectivity index (χ4n) is 1.85. The molecule has 0 aliphatic rings. The second-order valence-electron chi connectivity index (χ2n) is 4.56. The summed E-state index contributed by atoms with van der Waals surface area (Å²) in [7, 11) is 0. The molecule has 0 aromatic heterocycles. The number of hydrogen-bond donors (Lipinski definition) is 1. The molecule has 0 aliphatic carbocycles. The number of carbonyl (C=O) groups is 1. The molecule has 0 aliphatic heterocycles. The van der Waals surface area contributed by atoms with Crippen molar-refractivity contribution in [1.82, 2.24) is 0 Å². The SMILES string of the molecule is CC[C@H](Oc1cccc(Cl)c1)C(=O)Nc1c(Cl)cccc1Cl. The van der Waals surface area contributed by atoms with Crippen molar-refractivity contribution in [3.63, 3.8) is 0 Å². The number of halogens is 3. The van der Waals surface area contributed by atoms with E-state index in [1.807, 2.05) is 6.92 Å². The van der Waals surface area contributed by atoms with E-state index in [1.54, 1.807) is 42.5 Å². The number of benzene rings is 2. The van der Waals surface area contributed by atoms with Crippen LogP contribution in [0, 0.1) is 0 Å². The Hall–Kier alpha value is -1.42. The summed E-state index contributed by atoms with van der Waals surface area (Å²) in [4.78, 5) is 12.4. The van der Waals surface area contributed by atoms with Crippen LogP contribution in [0.25, 0.3) is 0 Å². The van der Waals surface area contributed by atoms with Crippen LogP contribution in [0.5, 0.6) is 5.75 Å². The summed E-state index contributed by atoms with van der Waals surface area (Å²) < 4.78 is 5.68. The lowest BCUT2D eigenvalue weighted by atomic mass is 10.2. The number of carbonyl (C=O) groups excluding carboxylic acids is 1. The number of ether oxygens (including phenoxy) is 1. The van der Waals surface area contributed by atoms with Gasteiger partial charge in [0.05, 0.1) is 15.7 Å². The van der Waals surface area contributed by atoms with Gasteiger partial charge < -0.3 is 10.1 Å². The summed E-state index contributed by atoms with van der Waals surface area (Å²) in [6.45, 7) is 1.85. The molecule has 2 aromatic rings. The standard InChI is InChI=1S/C16H14Cl3NO2/c1-2-14(22-11-6-3-5-10(17)9-11)16(21)20-15-12(18)7-4-8-13(15)19/h3-9,14H,2H2,1H3,(H,20,21)/t14-/m0/s1. The molecule has 0 bridgehead atoms. The number of rotatable bonds is 5. The molecule has 6 heteroatoms. The van der Waals surface area contributed by atoms with Gasteiger partial charge in [0.15, 0.2) is 6.10 Å². The first kappa shape index (κ1) is 16.9. The Kier molecular flexibility index (Phi) is 5.95. The Balaban J connectivity index is 2.12. The largest absolute Gasteiger partial charge is 0.481 e. The van der Waals surface area contributed by atoms with Gasteiger partial charge in [0.2, 0.25) is 0 Å². The molecule has 0 radical (unpaired) electrons. The van der Waals surface area contributed by atoms with Gasteiger partial charge in [0, 0.05) is 5.02 Å². The van der Waals surface area contributed by atoms with E-state index >= 15 is 0 Å². The number of anilines is 1. The molecule has 0 heterocycles. The van der Waals surface area contributed by atoms with E-state index < -0.39 is 6.10 Å². The second-order valence-corrected chi connectivity index (χ2v) is 5.81. The highest BCUT2D eigenvalue weighted by atomic mass is 35.5. The van der Waals surface area contributed by atoms with Crippen molar-refractivity contribution in [1.29, 1.82) is 0 Å². The van der Waals surface area contributed by atoms with Crippen LogP contribution in [0.15, 0.2) is 42.5 Å². The van der Waals surface area contributed by atoms with E-state index in [0.29, 0.717) is 32.9 Å². The molecule has 0 saturated heterocycles. The van der Waals surface area contributed by atoms with Gasteiger partial charge in [-0.3, -0.25) is 4.79 Å². The Bertz CT molecular complexity index is 656. The van der Waals surface area contributed by atoms with Crippen molar-refractivity contribution in [3.8, 4) is 5.75 Å². The molecule has 2 aromatic carbocycles. The van der Waals surface area contributed by atoms with E-state index in [2.05, 4.69) is 5.32 Å². The van der Waals surface area contributed by atoms with Crippen LogP contribution in [0.1, 0.15) is 13.3 Å². The van der Waals surface area contributed by atoms with Gasteiger partial charge in [-0.25, -0.2) is 0 Å². The molecule has 0 spiro atoms. The van der Waals surface area contributed by atoms with Crippen LogP contribution in [0.2, 0.25) is 15.1 Å². The monoisotopic (exact) mass is 357 g/mol. The van der Waals surface area contributed by atoms with Gasteiger partial charge in [-0.05, 0) is 36.8 Å².